The molecule has 0 radical (unpaired) electrons. The Balaban J connectivity index is 2.29. The third kappa shape index (κ3) is 4.84. The zero-order chi connectivity index (χ0) is 12.8. The van der Waals surface area contributed by atoms with Gasteiger partial charge in [-0.3, -0.25) is 0 Å². The first-order chi connectivity index (χ1) is 8.00. The van der Waals surface area contributed by atoms with Gasteiger partial charge in [0.1, 0.15) is 5.82 Å². The summed E-state index contributed by atoms with van der Waals surface area (Å²) in [6, 6.07) is 5.96. The summed E-state index contributed by atoms with van der Waals surface area (Å²) in [6.45, 7) is 8.79. The number of benzene rings is 1. The first-order valence-corrected chi connectivity index (χ1v) is 6.16. The minimum absolute atomic E-state index is 0.122. The summed E-state index contributed by atoms with van der Waals surface area (Å²) >= 11 is 0. The smallest absolute Gasteiger partial charge is 0.126 e. The number of rotatable bonds is 6. The van der Waals surface area contributed by atoms with Gasteiger partial charge in [0.25, 0.3) is 0 Å². The zero-order valence-electron chi connectivity index (χ0n) is 11.3. The summed E-state index contributed by atoms with van der Waals surface area (Å²) in [5.74, 6) is -0.122. The van der Waals surface area contributed by atoms with Crippen molar-refractivity contribution >= 4 is 0 Å². The number of nitrogens with zero attached hydrogens (tertiary/aromatic N) is 1. The van der Waals surface area contributed by atoms with Gasteiger partial charge in [-0.05, 0) is 45.0 Å². The molecule has 0 saturated heterocycles. The molecule has 0 bridgehead atoms. The first kappa shape index (κ1) is 14.1. The Bertz CT molecular complexity index is 350. The summed E-state index contributed by atoms with van der Waals surface area (Å²) in [4.78, 5) is 2.28. The fraction of sp³-hybridized carbons (Fsp3) is 0.571. The second-order valence-electron chi connectivity index (χ2n) is 4.83. The lowest BCUT2D eigenvalue weighted by Crippen LogP contribution is -2.33. The van der Waals surface area contributed by atoms with Crippen molar-refractivity contribution < 1.29 is 4.39 Å². The van der Waals surface area contributed by atoms with Crippen LogP contribution in [0, 0.1) is 12.7 Å². The molecule has 0 atom stereocenters. The van der Waals surface area contributed by atoms with Gasteiger partial charge in [-0.2, -0.15) is 0 Å². The van der Waals surface area contributed by atoms with E-state index < -0.39 is 0 Å². The zero-order valence-corrected chi connectivity index (χ0v) is 11.3. The molecule has 1 aromatic carbocycles. The third-order valence-corrected chi connectivity index (χ3v) is 3.09. The van der Waals surface area contributed by atoms with Crippen molar-refractivity contribution in [3.8, 4) is 0 Å². The second kappa shape index (κ2) is 6.72. The summed E-state index contributed by atoms with van der Waals surface area (Å²) < 4.78 is 13.3. The largest absolute Gasteiger partial charge is 0.311 e. The van der Waals surface area contributed by atoms with E-state index in [1.807, 2.05) is 12.1 Å². The number of aryl methyl sites for hydroxylation is 1. The molecule has 0 saturated carbocycles. The maximum Gasteiger partial charge on any atom is 0.126 e. The van der Waals surface area contributed by atoms with Gasteiger partial charge in [0.05, 0.1) is 0 Å². The Morgan fingerprint density at radius 2 is 2.06 bits per heavy atom. The van der Waals surface area contributed by atoms with Gasteiger partial charge in [0.15, 0.2) is 0 Å². The predicted octanol–water partition coefficient (Wildman–Crippen LogP) is 2.56. The van der Waals surface area contributed by atoms with Gasteiger partial charge in [0, 0.05) is 25.7 Å². The molecule has 1 rings (SSSR count). The fourth-order valence-electron chi connectivity index (χ4n) is 1.49. The minimum atomic E-state index is -0.122. The first-order valence-electron chi connectivity index (χ1n) is 6.16. The Morgan fingerprint density at radius 3 is 2.65 bits per heavy atom. The van der Waals surface area contributed by atoms with E-state index in [1.54, 1.807) is 13.0 Å². The highest BCUT2D eigenvalue weighted by Crippen LogP contribution is 2.08. The van der Waals surface area contributed by atoms with Crippen LogP contribution in [0.2, 0.25) is 0 Å². The summed E-state index contributed by atoms with van der Waals surface area (Å²) in [7, 11) is 2.11. The molecule has 0 heterocycles. The Hall–Kier alpha value is -0.930. The lowest BCUT2D eigenvalue weighted by molar-refractivity contribution is 0.273. The molecular weight excluding hydrogens is 215 g/mol. The number of hydrogen-bond acceptors (Lipinski definition) is 2. The SMILES string of the molecule is Cc1ccc(CNCCN(C)C(C)C)cc1F. The molecule has 96 valence electrons. The lowest BCUT2D eigenvalue weighted by Gasteiger charge is -2.20. The third-order valence-electron chi connectivity index (χ3n) is 3.09. The molecule has 0 aliphatic heterocycles. The van der Waals surface area contributed by atoms with Crippen molar-refractivity contribution in [2.45, 2.75) is 33.4 Å². The van der Waals surface area contributed by atoms with Crippen LogP contribution in [-0.4, -0.2) is 31.1 Å². The van der Waals surface area contributed by atoms with Gasteiger partial charge >= 0.3 is 0 Å². The monoisotopic (exact) mass is 238 g/mol. The molecule has 1 N–H and O–H groups in total. The van der Waals surface area contributed by atoms with Crippen LogP contribution in [-0.2, 0) is 6.54 Å². The van der Waals surface area contributed by atoms with Gasteiger partial charge in [-0.1, -0.05) is 12.1 Å². The molecular formula is C14H23FN2. The maximum absolute atomic E-state index is 13.3. The van der Waals surface area contributed by atoms with E-state index >= 15 is 0 Å². The molecule has 0 amide bonds. The van der Waals surface area contributed by atoms with Crippen molar-refractivity contribution in [1.82, 2.24) is 10.2 Å². The highest BCUT2D eigenvalue weighted by atomic mass is 19.1. The van der Waals surface area contributed by atoms with Gasteiger partial charge in [0.2, 0.25) is 0 Å². The number of nitrogens with one attached hydrogen (secondary N) is 1. The van der Waals surface area contributed by atoms with E-state index in [0.29, 0.717) is 11.6 Å². The summed E-state index contributed by atoms with van der Waals surface area (Å²) in [5.41, 5.74) is 1.70. The van der Waals surface area contributed by atoms with Crippen LogP contribution in [0.1, 0.15) is 25.0 Å². The lowest BCUT2D eigenvalue weighted by atomic mass is 10.1. The second-order valence-corrected chi connectivity index (χ2v) is 4.83. The Labute approximate surface area is 104 Å². The van der Waals surface area contributed by atoms with Crippen LogP contribution in [0.5, 0.6) is 0 Å². The van der Waals surface area contributed by atoms with Crippen molar-refractivity contribution in [3.05, 3.63) is 35.1 Å². The van der Waals surface area contributed by atoms with Crippen molar-refractivity contribution in [2.24, 2.45) is 0 Å². The minimum Gasteiger partial charge on any atom is -0.311 e. The number of halogens is 1. The molecule has 3 heteroatoms. The molecule has 0 unspecified atom stereocenters. The van der Waals surface area contributed by atoms with Crippen LogP contribution in [0.3, 0.4) is 0 Å². The highest BCUT2D eigenvalue weighted by Gasteiger charge is 2.02. The molecule has 0 aliphatic rings. The van der Waals surface area contributed by atoms with E-state index in [1.165, 1.54) is 0 Å². The van der Waals surface area contributed by atoms with Crippen LogP contribution >= 0.6 is 0 Å². The molecule has 0 aliphatic carbocycles. The van der Waals surface area contributed by atoms with Crippen molar-refractivity contribution in [2.75, 3.05) is 20.1 Å². The van der Waals surface area contributed by atoms with Crippen LogP contribution in [0.25, 0.3) is 0 Å². The topological polar surface area (TPSA) is 15.3 Å². The van der Waals surface area contributed by atoms with E-state index in [-0.39, 0.29) is 5.82 Å². The number of hydrogen-bond donors (Lipinski definition) is 1. The molecule has 0 spiro atoms. The van der Waals surface area contributed by atoms with Crippen LogP contribution in [0.15, 0.2) is 18.2 Å². The molecule has 0 fully saturated rings. The van der Waals surface area contributed by atoms with E-state index in [4.69, 9.17) is 0 Å². The standard InChI is InChI=1S/C14H23FN2/c1-11(2)17(4)8-7-16-10-13-6-5-12(3)14(15)9-13/h5-6,9,11,16H,7-8,10H2,1-4H3. The Morgan fingerprint density at radius 1 is 1.35 bits per heavy atom. The summed E-state index contributed by atoms with van der Waals surface area (Å²) in [5, 5.41) is 3.33. The van der Waals surface area contributed by atoms with Crippen molar-refractivity contribution in [3.63, 3.8) is 0 Å². The van der Waals surface area contributed by atoms with Crippen LogP contribution < -0.4 is 5.32 Å². The molecule has 17 heavy (non-hydrogen) atoms. The number of likely N-dealkylation sites (N-methyl/N-ethyl adjacent to an activating group) is 1. The average Bonchev–Trinajstić information content (AvgIpc) is 2.28. The highest BCUT2D eigenvalue weighted by molar-refractivity contribution is 5.23. The average molecular weight is 238 g/mol. The summed E-state index contributed by atoms with van der Waals surface area (Å²) in [6.07, 6.45) is 0. The van der Waals surface area contributed by atoms with E-state index in [2.05, 4.69) is 31.1 Å². The van der Waals surface area contributed by atoms with Gasteiger partial charge in [-0.15, -0.1) is 0 Å². The maximum atomic E-state index is 13.3. The molecule has 0 aromatic heterocycles. The molecule has 1 aromatic rings. The fourth-order valence-corrected chi connectivity index (χ4v) is 1.49. The van der Waals surface area contributed by atoms with E-state index in [0.717, 1.165) is 25.2 Å². The van der Waals surface area contributed by atoms with Crippen LogP contribution in [0.4, 0.5) is 4.39 Å². The van der Waals surface area contributed by atoms with Gasteiger partial charge in [-0.25, -0.2) is 4.39 Å². The normalized spacial score (nSPS) is 11.5. The Kier molecular flexibility index (Phi) is 5.59. The van der Waals surface area contributed by atoms with Crippen molar-refractivity contribution in [1.29, 1.82) is 0 Å². The van der Waals surface area contributed by atoms with E-state index in [9.17, 15) is 4.39 Å². The predicted molar refractivity (Wildman–Crippen MR) is 70.6 cm³/mol. The quantitative estimate of drug-likeness (QED) is 0.766. The van der Waals surface area contributed by atoms with Gasteiger partial charge < -0.3 is 10.2 Å². The molecule has 2 nitrogen and oxygen atoms in total.